The molecule has 0 bridgehead atoms. The van der Waals surface area contributed by atoms with Crippen molar-refractivity contribution in [1.29, 1.82) is 0 Å². The normalized spacial score (nSPS) is 7.54. The van der Waals surface area contributed by atoms with Gasteiger partial charge in [-0.05, 0) is 24.6 Å². The van der Waals surface area contributed by atoms with Gasteiger partial charge in [0.2, 0.25) is 0 Å². The van der Waals surface area contributed by atoms with Crippen molar-refractivity contribution >= 4 is 17.3 Å². The van der Waals surface area contributed by atoms with Gasteiger partial charge in [-0.25, -0.2) is 0 Å². The predicted octanol–water partition coefficient (Wildman–Crippen LogP) is 4.28. The molecule has 0 radical (unpaired) electrons. The van der Waals surface area contributed by atoms with Crippen molar-refractivity contribution in [3.63, 3.8) is 0 Å². The van der Waals surface area contributed by atoms with Gasteiger partial charge in [-0.15, -0.1) is 0 Å². The van der Waals surface area contributed by atoms with Gasteiger partial charge < -0.3 is 5.73 Å². The Labute approximate surface area is 86.9 Å². The molecule has 0 amide bonds. The summed E-state index contributed by atoms with van der Waals surface area (Å²) in [5.41, 5.74) is 7.23. The summed E-state index contributed by atoms with van der Waals surface area (Å²) < 4.78 is 0. The predicted molar refractivity (Wildman–Crippen MR) is 63.3 cm³/mol. The Morgan fingerprint density at radius 1 is 1.08 bits per heavy atom. The summed E-state index contributed by atoms with van der Waals surface area (Å²) in [5.74, 6) is 0. The number of nitrogen functional groups attached to an aromatic ring is 1. The van der Waals surface area contributed by atoms with E-state index < -0.39 is 0 Å². The van der Waals surface area contributed by atoms with Gasteiger partial charge in [0.25, 0.3) is 0 Å². The van der Waals surface area contributed by atoms with Gasteiger partial charge in [0.05, 0.1) is 10.7 Å². The molecular weight excluding hydrogens is 182 g/mol. The highest BCUT2D eigenvalue weighted by molar-refractivity contribution is 6.33. The molecule has 1 nitrogen and oxygen atoms in total. The van der Waals surface area contributed by atoms with Crippen LogP contribution in [-0.4, -0.2) is 0 Å². The molecule has 0 atom stereocenters. The van der Waals surface area contributed by atoms with E-state index in [1.165, 1.54) is 0 Å². The van der Waals surface area contributed by atoms with Crippen LogP contribution in [0.1, 0.15) is 33.3 Å². The first-order valence-corrected chi connectivity index (χ1v) is 5.09. The molecule has 2 heteroatoms. The van der Waals surface area contributed by atoms with Crippen LogP contribution in [0.25, 0.3) is 0 Å². The molecule has 0 unspecified atom stereocenters. The third kappa shape index (κ3) is 6.47. The molecule has 0 saturated carbocycles. The fraction of sp³-hybridized carbons (Fsp3) is 0.455. The molecule has 0 aliphatic heterocycles. The minimum absolute atomic E-state index is 0.634. The van der Waals surface area contributed by atoms with Crippen LogP contribution in [0.4, 0.5) is 5.69 Å². The SMILES string of the molecule is CC.CC.Cc1ccc(N)c(Cl)c1. The molecule has 1 rings (SSSR count). The minimum atomic E-state index is 0.634. The lowest BCUT2D eigenvalue weighted by Crippen LogP contribution is -1.85. The fourth-order valence-electron chi connectivity index (χ4n) is 0.632. The number of nitrogens with two attached hydrogens (primary N) is 1. The zero-order valence-electron chi connectivity index (χ0n) is 9.19. The van der Waals surface area contributed by atoms with Crippen LogP contribution >= 0.6 is 11.6 Å². The summed E-state index contributed by atoms with van der Waals surface area (Å²) in [6.45, 7) is 9.98. The highest BCUT2D eigenvalue weighted by Gasteiger charge is 1.92. The van der Waals surface area contributed by atoms with E-state index >= 15 is 0 Å². The summed E-state index contributed by atoms with van der Waals surface area (Å²) in [4.78, 5) is 0. The van der Waals surface area contributed by atoms with Gasteiger partial charge in [0.1, 0.15) is 0 Å². The lowest BCUT2D eigenvalue weighted by Gasteiger charge is -1.96. The minimum Gasteiger partial charge on any atom is -0.398 e. The molecule has 0 heterocycles. The van der Waals surface area contributed by atoms with E-state index in [-0.39, 0.29) is 0 Å². The van der Waals surface area contributed by atoms with Crippen LogP contribution in [-0.2, 0) is 0 Å². The van der Waals surface area contributed by atoms with E-state index in [0.717, 1.165) is 5.56 Å². The molecule has 0 saturated heterocycles. The quantitative estimate of drug-likeness (QED) is 0.623. The number of hydrogen-bond acceptors (Lipinski definition) is 1. The van der Waals surface area contributed by atoms with Gasteiger partial charge in [0, 0.05) is 0 Å². The van der Waals surface area contributed by atoms with Crippen molar-refractivity contribution in [2.45, 2.75) is 34.6 Å². The number of aryl methyl sites for hydroxylation is 1. The van der Waals surface area contributed by atoms with Crippen molar-refractivity contribution < 1.29 is 0 Å². The second-order valence-corrected chi connectivity index (χ2v) is 2.43. The Balaban J connectivity index is 0. The van der Waals surface area contributed by atoms with E-state index in [1.54, 1.807) is 6.07 Å². The van der Waals surface area contributed by atoms with Gasteiger partial charge in [-0.3, -0.25) is 0 Å². The van der Waals surface area contributed by atoms with Crippen LogP contribution in [0.5, 0.6) is 0 Å². The van der Waals surface area contributed by atoms with Gasteiger partial charge in [-0.2, -0.15) is 0 Å². The number of halogens is 1. The topological polar surface area (TPSA) is 26.0 Å². The molecule has 0 aliphatic rings. The summed E-state index contributed by atoms with van der Waals surface area (Å²) in [5, 5.41) is 0.634. The lowest BCUT2D eigenvalue weighted by atomic mass is 10.2. The Morgan fingerprint density at radius 2 is 1.54 bits per heavy atom. The Morgan fingerprint density at radius 3 is 1.85 bits per heavy atom. The Kier molecular flexibility index (Phi) is 10.7. The van der Waals surface area contributed by atoms with Crippen molar-refractivity contribution in [3.8, 4) is 0 Å². The lowest BCUT2D eigenvalue weighted by molar-refractivity contribution is 1.47. The summed E-state index contributed by atoms with van der Waals surface area (Å²) in [7, 11) is 0. The maximum absolute atomic E-state index is 5.69. The van der Waals surface area contributed by atoms with Crippen molar-refractivity contribution in [2.75, 3.05) is 5.73 Å². The van der Waals surface area contributed by atoms with Crippen LogP contribution in [0.2, 0.25) is 5.02 Å². The highest BCUT2D eigenvalue weighted by atomic mass is 35.5. The van der Waals surface area contributed by atoms with Crippen LogP contribution < -0.4 is 5.73 Å². The van der Waals surface area contributed by atoms with E-state index in [4.69, 9.17) is 17.3 Å². The van der Waals surface area contributed by atoms with Crippen molar-refractivity contribution in [2.24, 2.45) is 0 Å². The number of rotatable bonds is 0. The smallest absolute Gasteiger partial charge is 0.0638 e. The molecule has 0 spiro atoms. The van der Waals surface area contributed by atoms with E-state index in [0.29, 0.717) is 10.7 Å². The second-order valence-electron chi connectivity index (χ2n) is 2.02. The highest BCUT2D eigenvalue weighted by Crippen LogP contribution is 2.18. The maximum atomic E-state index is 5.69. The van der Waals surface area contributed by atoms with E-state index in [2.05, 4.69) is 0 Å². The first-order chi connectivity index (χ1) is 6.20. The van der Waals surface area contributed by atoms with Crippen LogP contribution in [0.3, 0.4) is 0 Å². The standard InChI is InChI=1S/C7H8ClN.2C2H6/c1-5-2-3-7(9)6(8)4-5;2*1-2/h2-4H,9H2,1H3;2*1-2H3. The average Bonchev–Trinajstić information content (AvgIpc) is 2.18. The Bertz CT molecular complexity index is 221. The number of hydrogen-bond donors (Lipinski definition) is 1. The zero-order valence-corrected chi connectivity index (χ0v) is 9.94. The van der Waals surface area contributed by atoms with Gasteiger partial charge >= 0.3 is 0 Å². The number of anilines is 1. The molecule has 1 aromatic rings. The molecule has 0 aromatic heterocycles. The van der Waals surface area contributed by atoms with Crippen molar-refractivity contribution in [1.82, 2.24) is 0 Å². The molecule has 76 valence electrons. The molecule has 2 N–H and O–H groups in total. The molecular formula is C11H20ClN. The third-order valence-corrected chi connectivity index (χ3v) is 1.48. The summed E-state index contributed by atoms with van der Waals surface area (Å²) in [6, 6.07) is 5.58. The second kappa shape index (κ2) is 9.40. The van der Waals surface area contributed by atoms with Crippen LogP contribution in [0.15, 0.2) is 18.2 Å². The number of benzene rings is 1. The van der Waals surface area contributed by atoms with E-state index in [1.807, 2.05) is 46.8 Å². The average molecular weight is 202 g/mol. The first-order valence-electron chi connectivity index (χ1n) is 4.72. The largest absolute Gasteiger partial charge is 0.398 e. The summed E-state index contributed by atoms with van der Waals surface area (Å²) in [6.07, 6.45) is 0. The maximum Gasteiger partial charge on any atom is 0.0638 e. The third-order valence-electron chi connectivity index (χ3n) is 1.16. The van der Waals surface area contributed by atoms with Gasteiger partial charge in [-0.1, -0.05) is 45.4 Å². The molecule has 1 aromatic carbocycles. The molecule has 0 aliphatic carbocycles. The van der Waals surface area contributed by atoms with E-state index in [9.17, 15) is 0 Å². The molecule has 13 heavy (non-hydrogen) atoms. The van der Waals surface area contributed by atoms with Crippen LogP contribution in [0, 0.1) is 6.92 Å². The summed E-state index contributed by atoms with van der Waals surface area (Å²) >= 11 is 5.69. The van der Waals surface area contributed by atoms with Gasteiger partial charge in [0.15, 0.2) is 0 Å². The fourth-order valence-corrected chi connectivity index (χ4v) is 0.867. The molecule has 0 fully saturated rings. The van der Waals surface area contributed by atoms with Crippen molar-refractivity contribution in [3.05, 3.63) is 28.8 Å². The zero-order chi connectivity index (χ0) is 10.9. The Hall–Kier alpha value is -0.690. The monoisotopic (exact) mass is 201 g/mol. The first kappa shape index (κ1) is 14.8.